The molecule has 4 aromatic rings. The quantitative estimate of drug-likeness (QED) is 0.395. The summed E-state index contributed by atoms with van der Waals surface area (Å²) < 4.78 is 5.82. The van der Waals surface area contributed by atoms with Crippen LogP contribution in [-0.2, 0) is 0 Å². The van der Waals surface area contributed by atoms with Crippen LogP contribution in [0.25, 0.3) is 33.7 Å². The summed E-state index contributed by atoms with van der Waals surface area (Å²) in [6.45, 7) is 4.12. The van der Waals surface area contributed by atoms with Crippen molar-refractivity contribution in [3.63, 3.8) is 0 Å². The second-order valence-electron chi connectivity index (χ2n) is 6.40. The molecule has 0 saturated carbocycles. The molecule has 0 bridgehead atoms. The van der Waals surface area contributed by atoms with Crippen LogP contribution in [0.4, 0.5) is 0 Å². The van der Waals surface area contributed by atoms with Gasteiger partial charge in [0.25, 0.3) is 0 Å². The zero-order chi connectivity index (χ0) is 18.1. The van der Waals surface area contributed by atoms with E-state index >= 15 is 0 Å². The minimum Gasteiger partial charge on any atom is -0.355 e. The molecule has 3 aromatic carbocycles. The number of hydrogen-bond donors (Lipinski definition) is 0. The zero-order valence-corrected chi connectivity index (χ0v) is 15.4. The number of aryl methyl sites for hydroxylation is 2. The van der Waals surface area contributed by atoms with E-state index in [1.165, 1.54) is 5.56 Å². The Morgan fingerprint density at radius 3 is 2.15 bits per heavy atom. The van der Waals surface area contributed by atoms with E-state index in [0.29, 0.717) is 5.02 Å². The van der Waals surface area contributed by atoms with Crippen molar-refractivity contribution in [1.82, 2.24) is 5.16 Å². The lowest BCUT2D eigenvalue weighted by atomic mass is 9.94. The maximum Gasteiger partial charge on any atom is 0.175 e. The largest absolute Gasteiger partial charge is 0.355 e. The monoisotopic (exact) mass is 359 g/mol. The van der Waals surface area contributed by atoms with Gasteiger partial charge in [0.15, 0.2) is 5.76 Å². The van der Waals surface area contributed by atoms with Crippen molar-refractivity contribution in [2.75, 3.05) is 0 Å². The van der Waals surface area contributed by atoms with Gasteiger partial charge in [-0.25, -0.2) is 0 Å². The van der Waals surface area contributed by atoms with Crippen LogP contribution in [0.3, 0.4) is 0 Å². The van der Waals surface area contributed by atoms with Crippen LogP contribution in [0, 0.1) is 13.8 Å². The fourth-order valence-electron chi connectivity index (χ4n) is 3.17. The second-order valence-corrected chi connectivity index (χ2v) is 6.81. The molecule has 1 aromatic heterocycles. The molecule has 2 nitrogen and oxygen atoms in total. The lowest BCUT2D eigenvalue weighted by molar-refractivity contribution is 0.435. The fourth-order valence-corrected chi connectivity index (χ4v) is 3.48. The highest BCUT2D eigenvalue weighted by Gasteiger charge is 2.23. The summed E-state index contributed by atoms with van der Waals surface area (Å²) in [5, 5.41) is 5.10. The first-order valence-electron chi connectivity index (χ1n) is 8.53. The van der Waals surface area contributed by atoms with Crippen molar-refractivity contribution < 1.29 is 4.52 Å². The van der Waals surface area contributed by atoms with Gasteiger partial charge in [0.2, 0.25) is 0 Å². The number of aromatic nitrogens is 1. The Kier molecular flexibility index (Phi) is 4.36. The molecule has 4 rings (SSSR count). The summed E-state index contributed by atoms with van der Waals surface area (Å²) in [7, 11) is 0. The second kappa shape index (κ2) is 6.81. The highest BCUT2D eigenvalue weighted by Crippen LogP contribution is 2.43. The van der Waals surface area contributed by atoms with Crippen molar-refractivity contribution in [1.29, 1.82) is 0 Å². The highest BCUT2D eigenvalue weighted by molar-refractivity contribution is 6.33. The molecule has 0 N–H and O–H groups in total. The van der Waals surface area contributed by atoms with Crippen LogP contribution in [0.1, 0.15) is 11.1 Å². The van der Waals surface area contributed by atoms with Gasteiger partial charge in [-0.2, -0.15) is 0 Å². The van der Waals surface area contributed by atoms with E-state index in [1.807, 2.05) is 55.5 Å². The van der Waals surface area contributed by atoms with Crippen LogP contribution in [0.5, 0.6) is 0 Å². The van der Waals surface area contributed by atoms with Crippen LogP contribution < -0.4 is 0 Å². The van der Waals surface area contributed by atoms with Gasteiger partial charge in [0, 0.05) is 11.1 Å². The first kappa shape index (κ1) is 16.6. The molecule has 3 heteroatoms. The van der Waals surface area contributed by atoms with Gasteiger partial charge < -0.3 is 4.52 Å². The molecular weight excluding hydrogens is 342 g/mol. The normalized spacial score (nSPS) is 10.9. The minimum atomic E-state index is 0.672. The van der Waals surface area contributed by atoms with Gasteiger partial charge in [-0.05, 0) is 31.0 Å². The minimum absolute atomic E-state index is 0.672. The van der Waals surface area contributed by atoms with E-state index in [9.17, 15) is 0 Å². The van der Waals surface area contributed by atoms with Gasteiger partial charge in [-0.15, -0.1) is 0 Å². The molecule has 0 radical (unpaired) electrons. The van der Waals surface area contributed by atoms with Gasteiger partial charge in [-0.3, -0.25) is 0 Å². The van der Waals surface area contributed by atoms with E-state index in [0.717, 1.165) is 39.3 Å². The summed E-state index contributed by atoms with van der Waals surface area (Å²) in [6, 6.07) is 24.3. The Morgan fingerprint density at radius 1 is 0.731 bits per heavy atom. The number of halogens is 1. The summed E-state index contributed by atoms with van der Waals surface area (Å²) in [5.41, 5.74) is 6.98. The van der Waals surface area contributed by atoms with Crippen LogP contribution in [-0.4, -0.2) is 5.16 Å². The third kappa shape index (κ3) is 2.93. The predicted octanol–water partition coefficient (Wildman–Crippen LogP) is 6.95. The van der Waals surface area contributed by atoms with E-state index in [4.69, 9.17) is 16.1 Å². The molecule has 0 atom stereocenters. The average molecular weight is 360 g/mol. The summed E-state index contributed by atoms with van der Waals surface area (Å²) >= 11 is 6.52. The van der Waals surface area contributed by atoms with Crippen molar-refractivity contribution in [3.8, 4) is 33.7 Å². The smallest absolute Gasteiger partial charge is 0.175 e. The molecule has 128 valence electrons. The Morgan fingerprint density at radius 2 is 1.46 bits per heavy atom. The topological polar surface area (TPSA) is 26.0 Å². The number of rotatable bonds is 3. The van der Waals surface area contributed by atoms with Crippen LogP contribution in [0.2, 0.25) is 5.02 Å². The predicted molar refractivity (Wildman–Crippen MR) is 107 cm³/mol. The molecule has 26 heavy (non-hydrogen) atoms. The maximum atomic E-state index is 6.52. The van der Waals surface area contributed by atoms with E-state index < -0.39 is 0 Å². The number of nitrogens with zero attached hydrogens (tertiary/aromatic N) is 1. The van der Waals surface area contributed by atoms with E-state index in [-0.39, 0.29) is 0 Å². The van der Waals surface area contributed by atoms with Crippen molar-refractivity contribution >= 4 is 11.6 Å². The van der Waals surface area contributed by atoms with E-state index in [2.05, 4.69) is 36.3 Å². The Hall–Kier alpha value is -2.84. The average Bonchev–Trinajstić information content (AvgIpc) is 3.08. The SMILES string of the molecule is Cc1ccc(-c2c(-c3c(C)cccc3Cl)noc2-c2ccccc2)cc1. The third-order valence-electron chi connectivity index (χ3n) is 4.53. The first-order valence-corrected chi connectivity index (χ1v) is 8.90. The lowest BCUT2D eigenvalue weighted by Gasteiger charge is -2.09. The summed E-state index contributed by atoms with van der Waals surface area (Å²) in [5.74, 6) is 0.753. The molecule has 0 aliphatic heterocycles. The molecule has 0 spiro atoms. The Bertz CT molecular complexity index is 1030. The molecular formula is C23H18ClNO. The zero-order valence-electron chi connectivity index (χ0n) is 14.7. The number of benzene rings is 3. The first-order chi connectivity index (χ1) is 12.6. The van der Waals surface area contributed by atoms with Crippen molar-refractivity contribution in [2.45, 2.75) is 13.8 Å². The van der Waals surface area contributed by atoms with Gasteiger partial charge >= 0.3 is 0 Å². The Balaban J connectivity index is 2.02. The molecule has 0 unspecified atom stereocenters. The van der Waals surface area contributed by atoms with Crippen molar-refractivity contribution in [3.05, 3.63) is 88.9 Å². The molecule has 0 saturated heterocycles. The van der Waals surface area contributed by atoms with Gasteiger partial charge in [0.05, 0.1) is 10.6 Å². The Labute approximate surface area is 158 Å². The maximum absolute atomic E-state index is 6.52. The molecule has 1 heterocycles. The molecule has 0 fully saturated rings. The summed E-state index contributed by atoms with van der Waals surface area (Å²) in [6.07, 6.45) is 0. The van der Waals surface area contributed by atoms with E-state index in [1.54, 1.807) is 0 Å². The van der Waals surface area contributed by atoms with Crippen molar-refractivity contribution in [2.24, 2.45) is 0 Å². The summed E-state index contributed by atoms with van der Waals surface area (Å²) in [4.78, 5) is 0. The lowest BCUT2D eigenvalue weighted by Crippen LogP contribution is -1.89. The number of hydrogen-bond acceptors (Lipinski definition) is 2. The van der Waals surface area contributed by atoms with Gasteiger partial charge in [-0.1, -0.05) is 89.1 Å². The molecule has 0 amide bonds. The van der Waals surface area contributed by atoms with Crippen LogP contribution >= 0.6 is 11.6 Å². The highest BCUT2D eigenvalue weighted by atomic mass is 35.5. The van der Waals surface area contributed by atoms with Crippen LogP contribution in [0.15, 0.2) is 77.3 Å². The standard InChI is InChI=1S/C23H18ClNO/c1-15-11-13-17(14-12-15)21-22(20-16(2)7-6-10-19(20)24)25-26-23(21)18-8-4-3-5-9-18/h3-14H,1-2H3. The molecule has 0 aliphatic rings. The third-order valence-corrected chi connectivity index (χ3v) is 4.84. The fraction of sp³-hybridized carbons (Fsp3) is 0.0870. The van der Waals surface area contributed by atoms with Gasteiger partial charge in [0.1, 0.15) is 5.69 Å². The molecule has 0 aliphatic carbocycles.